The molecule has 0 aliphatic carbocycles. The van der Waals surface area contributed by atoms with E-state index in [1.807, 2.05) is 13.8 Å². The molecule has 0 saturated heterocycles. The Bertz CT molecular complexity index is 546. The summed E-state index contributed by atoms with van der Waals surface area (Å²) in [4.78, 5) is 20.8. The highest BCUT2D eigenvalue weighted by molar-refractivity contribution is 5.53. The summed E-state index contributed by atoms with van der Waals surface area (Å²) in [5.41, 5.74) is 0.725. The van der Waals surface area contributed by atoms with Gasteiger partial charge in [-0.2, -0.15) is 15.0 Å². The number of ether oxygens (including phenoxy) is 1. The van der Waals surface area contributed by atoms with E-state index in [-0.39, 0.29) is 6.10 Å². The number of aromatic nitrogens is 5. The Morgan fingerprint density at radius 2 is 1.90 bits per heavy atom. The zero-order valence-corrected chi connectivity index (χ0v) is 11.9. The minimum absolute atomic E-state index is 0.00343. The fourth-order valence-corrected chi connectivity index (χ4v) is 1.48. The number of hydrogen-bond donors (Lipinski definition) is 1. The Labute approximate surface area is 117 Å². The van der Waals surface area contributed by atoms with Gasteiger partial charge in [0.15, 0.2) is 5.82 Å². The normalized spacial score (nSPS) is 10.6. The van der Waals surface area contributed by atoms with Crippen LogP contribution in [0.1, 0.15) is 27.2 Å². The molecule has 0 spiro atoms. The molecule has 0 aliphatic heterocycles. The number of rotatable bonds is 6. The van der Waals surface area contributed by atoms with Crippen molar-refractivity contribution in [2.45, 2.75) is 33.3 Å². The molecule has 0 radical (unpaired) electrons. The maximum Gasteiger partial charge on any atom is 0.322 e. The summed E-state index contributed by atoms with van der Waals surface area (Å²) in [6.07, 6.45) is 5.76. The van der Waals surface area contributed by atoms with Crippen molar-refractivity contribution in [2.75, 3.05) is 11.9 Å². The molecule has 2 heterocycles. The van der Waals surface area contributed by atoms with Crippen LogP contribution in [0.2, 0.25) is 0 Å². The molecule has 0 unspecified atom stereocenters. The van der Waals surface area contributed by atoms with Gasteiger partial charge in [0.05, 0.1) is 11.7 Å². The van der Waals surface area contributed by atoms with E-state index in [1.165, 1.54) is 6.33 Å². The van der Waals surface area contributed by atoms with E-state index < -0.39 is 0 Å². The van der Waals surface area contributed by atoms with Crippen molar-refractivity contribution >= 4 is 5.95 Å². The van der Waals surface area contributed by atoms with Crippen LogP contribution in [0, 0.1) is 0 Å². The molecular formula is C13H18N6O. The molecule has 0 atom stereocenters. The lowest BCUT2D eigenvalue weighted by Crippen LogP contribution is -2.12. The van der Waals surface area contributed by atoms with Gasteiger partial charge in [-0.05, 0) is 20.3 Å². The molecule has 7 heteroatoms. The molecule has 2 aromatic rings. The van der Waals surface area contributed by atoms with E-state index in [1.54, 1.807) is 12.4 Å². The van der Waals surface area contributed by atoms with Crippen molar-refractivity contribution in [2.24, 2.45) is 0 Å². The second kappa shape index (κ2) is 6.74. The monoisotopic (exact) mass is 274 g/mol. The Morgan fingerprint density at radius 3 is 2.55 bits per heavy atom. The fourth-order valence-electron chi connectivity index (χ4n) is 1.48. The zero-order valence-electron chi connectivity index (χ0n) is 11.9. The topological polar surface area (TPSA) is 85.7 Å². The van der Waals surface area contributed by atoms with Gasteiger partial charge in [-0.15, -0.1) is 0 Å². The first kappa shape index (κ1) is 14.1. The lowest BCUT2D eigenvalue weighted by atomic mass is 10.3. The summed E-state index contributed by atoms with van der Waals surface area (Å²) >= 11 is 0. The molecule has 0 bridgehead atoms. The van der Waals surface area contributed by atoms with E-state index >= 15 is 0 Å². The molecule has 0 fully saturated rings. The maximum absolute atomic E-state index is 5.55. The molecule has 2 rings (SSSR count). The first-order valence-corrected chi connectivity index (χ1v) is 6.61. The van der Waals surface area contributed by atoms with E-state index in [4.69, 9.17) is 4.74 Å². The molecule has 0 aromatic carbocycles. The summed E-state index contributed by atoms with van der Waals surface area (Å²) in [7, 11) is 0. The van der Waals surface area contributed by atoms with Gasteiger partial charge in [0, 0.05) is 18.9 Å². The van der Waals surface area contributed by atoms with Crippen LogP contribution in [0.5, 0.6) is 6.01 Å². The van der Waals surface area contributed by atoms with Crippen molar-refractivity contribution in [1.82, 2.24) is 24.9 Å². The third-order valence-corrected chi connectivity index (χ3v) is 2.31. The molecule has 0 amide bonds. The molecule has 106 valence electrons. The standard InChI is InChI=1S/C13H18N6O/c1-4-5-16-12-17-11(10-6-14-8-15-7-10)18-13(19-12)20-9(2)3/h6-9H,4-5H2,1-3H3,(H,16,17,18,19). The predicted molar refractivity (Wildman–Crippen MR) is 75.4 cm³/mol. The SMILES string of the molecule is CCCNc1nc(OC(C)C)nc(-c2cncnc2)n1. The Balaban J connectivity index is 2.34. The van der Waals surface area contributed by atoms with Gasteiger partial charge in [-0.3, -0.25) is 0 Å². The molecule has 0 saturated carbocycles. The highest BCUT2D eigenvalue weighted by Crippen LogP contribution is 2.17. The van der Waals surface area contributed by atoms with Crippen molar-refractivity contribution in [1.29, 1.82) is 0 Å². The predicted octanol–water partition coefficient (Wildman–Crippen LogP) is 1.94. The average molecular weight is 274 g/mol. The Hall–Kier alpha value is -2.31. The zero-order chi connectivity index (χ0) is 14.4. The van der Waals surface area contributed by atoms with Gasteiger partial charge in [-0.1, -0.05) is 6.92 Å². The summed E-state index contributed by atoms with van der Waals surface area (Å²) in [5, 5.41) is 3.14. The van der Waals surface area contributed by atoms with Crippen LogP contribution < -0.4 is 10.1 Å². The Morgan fingerprint density at radius 1 is 1.15 bits per heavy atom. The molecule has 20 heavy (non-hydrogen) atoms. The van der Waals surface area contributed by atoms with Crippen LogP contribution in [-0.4, -0.2) is 37.6 Å². The summed E-state index contributed by atoms with van der Waals surface area (Å²) in [5.74, 6) is 0.992. The number of nitrogens with zero attached hydrogens (tertiary/aromatic N) is 5. The fraction of sp³-hybridized carbons (Fsp3) is 0.462. The molecule has 2 aromatic heterocycles. The number of nitrogens with one attached hydrogen (secondary N) is 1. The summed E-state index contributed by atoms with van der Waals surface area (Å²) in [6.45, 7) is 6.71. The van der Waals surface area contributed by atoms with E-state index in [0.717, 1.165) is 18.5 Å². The van der Waals surface area contributed by atoms with Crippen LogP contribution in [0.3, 0.4) is 0 Å². The van der Waals surface area contributed by atoms with Gasteiger partial charge in [0.25, 0.3) is 0 Å². The largest absolute Gasteiger partial charge is 0.461 e. The number of hydrogen-bond acceptors (Lipinski definition) is 7. The molecule has 7 nitrogen and oxygen atoms in total. The molecule has 1 N–H and O–H groups in total. The van der Waals surface area contributed by atoms with Gasteiger partial charge in [0.2, 0.25) is 5.95 Å². The second-order valence-electron chi connectivity index (χ2n) is 4.49. The van der Waals surface area contributed by atoms with Crippen molar-refractivity contribution in [3.05, 3.63) is 18.7 Å². The van der Waals surface area contributed by atoms with Crippen LogP contribution in [0.25, 0.3) is 11.4 Å². The third-order valence-electron chi connectivity index (χ3n) is 2.31. The first-order chi connectivity index (χ1) is 9.69. The van der Waals surface area contributed by atoms with E-state index in [9.17, 15) is 0 Å². The van der Waals surface area contributed by atoms with Crippen LogP contribution in [0.4, 0.5) is 5.95 Å². The van der Waals surface area contributed by atoms with Crippen molar-refractivity contribution < 1.29 is 4.74 Å². The second-order valence-corrected chi connectivity index (χ2v) is 4.49. The van der Waals surface area contributed by atoms with Crippen molar-refractivity contribution in [3.8, 4) is 17.4 Å². The highest BCUT2D eigenvalue weighted by Gasteiger charge is 2.10. The molecular weight excluding hydrogens is 256 g/mol. The van der Waals surface area contributed by atoms with Crippen molar-refractivity contribution in [3.63, 3.8) is 0 Å². The lowest BCUT2D eigenvalue weighted by Gasteiger charge is -2.11. The van der Waals surface area contributed by atoms with Crippen LogP contribution in [-0.2, 0) is 0 Å². The van der Waals surface area contributed by atoms with Crippen LogP contribution >= 0.6 is 0 Å². The lowest BCUT2D eigenvalue weighted by molar-refractivity contribution is 0.222. The van der Waals surface area contributed by atoms with Gasteiger partial charge in [0.1, 0.15) is 6.33 Å². The van der Waals surface area contributed by atoms with Gasteiger partial charge >= 0.3 is 6.01 Å². The minimum Gasteiger partial charge on any atom is -0.461 e. The average Bonchev–Trinajstić information content (AvgIpc) is 2.45. The molecule has 0 aliphatic rings. The smallest absolute Gasteiger partial charge is 0.322 e. The first-order valence-electron chi connectivity index (χ1n) is 6.61. The van der Waals surface area contributed by atoms with E-state index in [2.05, 4.69) is 37.2 Å². The number of anilines is 1. The summed E-state index contributed by atoms with van der Waals surface area (Å²) < 4.78 is 5.55. The Kier molecular flexibility index (Phi) is 4.75. The van der Waals surface area contributed by atoms with Gasteiger partial charge in [-0.25, -0.2) is 9.97 Å². The third kappa shape index (κ3) is 3.84. The van der Waals surface area contributed by atoms with Crippen LogP contribution in [0.15, 0.2) is 18.7 Å². The van der Waals surface area contributed by atoms with E-state index in [0.29, 0.717) is 17.8 Å². The quantitative estimate of drug-likeness (QED) is 0.861. The minimum atomic E-state index is -0.00343. The summed E-state index contributed by atoms with van der Waals surface area (Å²) in [6, 6.07) is 0.299. The maximum atomic E-state index is 5.55. The van der Waals surface area contributed by atoms with Gasteiger partial charge < -0.3 is 10.1 Å². The highest BCUT2D eigenvalue weighted by atomic mass is 16.5.